The van der Waals surface area contributed by atoms with Crippen molar-refractivity contribution in [1.82, 2.24) is 15.3 Å². The number of anilines is 1. The SMILES string of the molecule is CC.CCCC(C)CC1CCCCC1C.Cc1cc(CNC(=O)c2ccc(-c3ccc(N)cc3)cc2)nc(C)n1. The third-order valence-corrected chi connectivity index (χ3v) is 7.62. The van der Waals surface area contributed by atoms with Crippen LogP contribution in [0.2, 0.25) is 0 Å². The van der Waals surface area contributed by atoms with E-state index >= 15 is 0 Å². The van der Waals surface area contributed by atoms with E-state index in [1.54, 1.807) is 0 Å². The molecule has 0 aliphatic heterocycles. The molecule has 1 fully saturated rings. The molecule has 0 spiro atoms. The zero-order valence-corrected chi connectivity index (χ0v) is 26.0. The van der Waals surface area contributed by atoms with E-state index in [0.717, 1.165) is 46.0 Å². The first kappa shape index (κ1) is 33.0. The molecule has 218 valence electrons. The minimum Gasteiger partial charge on any atom is -0.399 e. The van der Waals surface area contributed by atoms with Gasteiger partial charge in [0.2, 0.25) is 0 Å². The van der Waals surface area contributed by atoms with E-state index < -0.39 is 0 Å². The van der Waals surface area contributed by atoms with Crippen molar-refractivity contribution in [2.45, 2.75) is 100.0 Å². The van der Waals surface area contributed by atoms with E-state index in [4.69, 9.17) is 5.73 Å². The zero-order valence-electron chi connectivity index (χ0n) is 26.0. The lowest BCUT2D eigenvalue weighted by atomic mass is 9.75. The molecule has 0 bridgehead atoms. The Bertz CT molecular complexity index is 1120. The molecular weight excluding hydrogens is 492 g/mol. The van der Waals surface area contributed by atoms with Gasteiger partial charge in [-0.3, -0.25) is 4.79 Å². The lowest BCUT2D eigenvalue weighted by Gasteiger charge is -2.30. The van der Waals surface area contributed by atoms with Crippen LogP contribution in [0.1, 0.15) is 107 Å². The monoisotopic (exact) mass is 544 g/mol. The Morgan fingerprint density at radius 2 is 1.57 bits per heavy atom. The van der Waals surface area contributed by atoms with Crippen LogP contribution in [0.5, 0.6) is 0 Å². The van der Waals surface area contributed by atoms with Crippen LogP contribution < -0.4 is 11.1 Å². The molecule has 1 heterocycles. The standard InChI is InChI=1S/C20H20N4O.C13H26.C2H6/c1-13-11-19(24-14(2)23-13)12-22-20(25)17-5-3-15(4-6-17)16-7-9-18(21)10-8-16;1-4-7-11(2)10-13-9-6-5-8-12(13)3;1-2/h3-11H,12,21H2,1-2H3,(H,22,25);11-13H,4-10H2,1-3H3;1-2H3. The van der Waals surface area contributed by atoms with E-state index in [2.05, 4.69) is 36.1 Å². The van der Waals surface area contributed by atoms with Gasteiger partial charge in [0, 0.05) is 16.9 Å². The molecule has 4 rings (SSSR count). The van der Waals surface area contributed by atoms with Crippen LogP contribution in [0.4, 0.5) is 5.69 Å². The summed E-state index contributed by atoms with van der Waals surface area (Å²) in [6.07, 6.45) is 10.3. The predicted octanol–water partition coefficient (Wildman–Crippen LogP) is 8.94. The van der Waals surface area contributed by atoms with Crippen molar-refractivity contribution < 1.29 is 4.79 Å². The van der Waals surface area contributed by atoms with Gasteiger partial charge < -0.3 is 11.1 Å². The van der Waals surface area contributed by atoms with Gasteiger partial charge in [-0.2, -0.15) is 0 Å². The normalized spacial score (nSPS) is 17.0. The summed E-state index contributed by atoms with van der Waals surface area (Å²) in [5.74, 6) is 3.61. The molecule has 3 aromatic rings. The first-order valence-corrected chi connectivity index (χ1v) is 15.3. The summed E-state index contributed by atoms with van der Waals surface area (Å²) in [5.41, 5.74) is 10.8. The molecule has 1 aliphatic carbocycles. The topological polar surface area (TPSA) is 80.9 Å². The van der Waals surface area contributed by atoms with Crippen LogP contribution in [0.15, 0.2) is 54.6 Å². The molecule has 1 saturated carbocycles. The fourth-order valence-corrected chi connectivity index (χ4v) is 5.52. The highest BCUT2D eigenvalue weighted by atomic mass is 16.1. The number of nitrogens with zero attached hydrogens (tertiary/aromatic N) is 2. The molecule has 5 heteroatoms. The van der Waals surface area contributed by atoms with Crippen LogP contribution in [0.25, 0.3) is 11.1 Å². The molecule has 1 aliphatic rings. The summed E-state index contributed by atoms with van der Waals surface area (Å²) in [5, 5.41) is 2.89. The highest BCUT2D eigenvalue weighted by molar-refractivity contribution is 5.94. The maximum atomic E-state index is 12.3. The molecule has 0 radical (unpaired) electrons. The van der Waals surface area contributed by atoms with Gasteiger partial charge >= 0.3 is 0 Å². The minimum absolute atomic E-state index is 0.127. The number of aryl methyl sites for hydroxylation is 2. The summed E-state index contributed by atoms with van der Waals surface area (Å²) >= 11 is 0. The van der Waals surface area contributed by atoms with Crippen molar-refractivity contribution in [2.24, 2.45) is 17.8 Å². The van der Waals surface area contributed by atoms with Crippen LogP contribution in [-0.4, -0.2) is 15.9 Å². The summed E-state index contributed by atoms with van der Waals surface area (Å²) in [6.45, 7) is 15.3. The third-order valence-electron chi connectivity index (χ3n) is 7.62. The first-order valence-electron chi connectivity index (χ1n) is 15.3. The molecule has 0 saturated heterocycles. The number of aromatic nitrogens is 2. The molecule has 1 amide bonds. The van der Waals surface area contributed by atoms with Gasteiger partial charge in [0.15, 0.2) is 0 Å². The second kappa shape index (κ2) is 17.5. The van der Waals surface area contributed by atoms with Gasteiger partial charge in [0.1, 0.15) is 5.82 Å². The molecule has 5 nitrogen and oxygen atoms in total. The average molecular weight is 545 g/mol. The van der Waals surface area contributed by atoms with Gasteiger partial charge in [-0.25, -0.2) is 9.97 Å². The summed E-state index contributed by atoms with van der Waals surface area (Å²) in [7, 11) is 0. The fraction of sp³-hybridized carbons (Fsp3) is 0.514. The van der Waals surface area contributed by atoms with Crippen molar-refractivity contribution in [3.63, 3.8) is 0 Å². The van der Waals surface area contributed by atoms with Crippen LogP contribution >= 0.6 is 0 Å². The Balaban J connectivity index is 0.000000315. The molecule has 3 N–H and O–H groups in total. The molecular formula is C35H52N4O. The maximum Gasteiger partial charge on any atom is 0.251 e. The quantitative estimate of drug-likeness (QED) is 0.277. The number of nitrogens with two attached hydrogens (primary N) is 1. The molecule has 40 heavy (non-hydrogen) atoms. The Labute approximate surface area is 243 Å². The number of benzene rings is 2. The highest BCUT2D eigenvalue weighted by Gasteiger charge is 2.22. The van der Waals surface area contributed by atoms with Gasteiger partial charge in [0.05, 0.1) is 12.2 Å². The largest absolute Gasteiger partial charge is 0.399 e. The summed E-state index contributed by atoms with van der Waals surface area (Å²) in [6, 6.07) is 17.0. The van der Waals surface area contributed by atoms with Crippen molar-refractivity contribution in [3.8, 4) is 11.1 Å². The van der Waals surface area contributed by atoms with Crippen molar-refractivity contribution in [3.05, 3.63) is 77.4 Å². The number of amides is 1. The Morgan fingerprint density at radius 1 is 0.975 bits per heavy atom. The Hall–Kier alpha value is -3.21. The summed E-state index contributed by atoms with van der Waals surface area (Å²) in [4.78, 5) is 20.9. The fourth-order valence-electron chi connectivity index (χ4n) is 5.52. The van der Waals surface area contributed by atoms with Crippen LogP contribution in [0.3, 0.4) is 0 Å². The van der Waals surface area contributed by atoms with Crippen LogP contribution in [0, 0.1) is 31.6 Å². The Morgan fingerprint density at radius 3 is 2.15 bits per heavy atom. The molecule has 3 unspecified atom stereocenters. The zero-order chi connectivity index (χ0) is 29.5. The van der Waals surface area contributed by atoms with E-state index in [-0.39, 0.29) is 5.91 Å². The molecule has 1 aromatic heterocycles. The number of nitrogen functional groups attached to an aromatic ring is 1. The Kier molecular flexibility index (Phi) is 14.4. The number of nitrogens with one attached hydrogen (secondary N) is 1. The predicted molar refractivity (Wildman–Crippen MR) is 170 cm³/mol. The van der Waals surface area contributed by atoms with Gasteiger partial charge in [-0.1, -0.05) is 97.4 Å². The number of carbonyl (C=O) groups is 1. The minimum atomic E-state index is -0.127. The van der Waals surface area contributed by atoms with E-state index in [1.807, 2.05) is 82.3 Å². The summed E-state index contributed by atoms with van der Waals surface area (Å²) < 4.78 is 0. The van der Waals surface area contributed by atoms with Gasteiger partial charge in [0.25, 0.3) is 5.91 Å². The van der Waals surface area contributed by atoms with Crippen molar-refractivity contribution in [2.75, 3.05) is 5.73 Å². The second-order valence-corrected chi connectivity index (χ2v) is 11.1. The van der Waals surface area contributed by atoms with E-state index in [1.165, 1.54) is 44.9 Å². The average Bonchev–Trinajstić information content (AvgIpc) is 2.95. The lowest BCUT2D eigenvalue weighted by Crippen LogP contribution is -2.23. The number of rotatable bonds is 8. The number of carbonyl (C=O) groups excluding carboxylic acids is 1. The van der Waals surface area contributed by atoms with E-state index in [9.17, 15) is 4.79 Å². The smallest absolute Gasteiger partial charge is 0.251 e. The molecule has 2 aromatic carbocycles. The van der Waals surface area contributed by atoms with Gasteiger partial charge in [-0.15, -0.1) is 0 Å². The van der Waals surface area contributed by atoms with Crippen molar-refractivity contribution >= 4 is 11.6 Å². The third kappa shape index (κ3) is 11.1. The first-order chi connectivity index (χ1) is 19.2. The number of hydrogen-bond donors (Lipinski definition) is 2. The molecule has 3 atom stereocenters. The highest BCUT2D eigenvalue weighted by Crippen LogP contribution is 2.34. The van der Waals surface area contributed by atoms with Crippen LogP contribution in [-0.2, 0) is 6.54 Å². The lowest BCUT2D eigenvalue weighted by molar-refractivity contribution is 0.0950. The number of hydrogen-bond acceptors (Lipinski definition) is 4. The van der Waals surface area contributed by atoms with Gasteiger partial charge in [-0.05, 0) is 79.5 Å². The second-order valence-electron chi connectivity index (χ2n) is 11.1. The van der Waals surface area contributed by atoms with E-state index in [0.29, 0.717) is 17.9 Å². The maximum absolute atomic E-state index is 12.3. The van der Waals surface area contributed by atoms with Crippen molar-refractivity contribution in [1.29, 1.82) is 0 Å².